The molecule has 72 valence electrons. The molecule has 0 aliphatic rings. The molecule has 0 fully saturated rings. The van der Waals surface area contributed by atoms with Gasteiger partial charge in [-0.3, -0.25) is 4.79 Å². The number of carbonyl (C=O) groups excluding carboxylic acids is 1. The molecule has 0 aromatic carbocycles. The zero-order valence-corrected chi connectivity index (χ0v) is 8.13. The zero-order valence-electron chi connectivity index (χ0n) is 8.13. The van der Waals surface area contributed by atoms with Gasteiger partial charge < -0.3 is 9.47 Å². The van der Waals surface area contributed by atoms with Crippen LogP contribution in [-0.2, 0) is 14.3 Å². The molecule has 0 spiro atoms. The monoisotopic (exact) mass is 174 g/mol. The predicted octanol–water partition coefficient (Wildman–Crippen LogP) is 1.75. The second-order valence-electron chi connectivity index (χ2n) is 2.89. The van der Waals surface area contributed by atoms with Gasteiger partial charge in [0.2, 0.25) is 0 Å². The minimum absolute atomic E-state index is 0.134. The summed E-state index contributed by atoms with van der Waals surface area (Å²) in [5, 5.41) is 0. The summed E-state index contributed by atoms with van der Waals surface area (Å²) >= 11 is 0. The van der Waals surface area contributed by atoms with Crippen LogP contribution >= 0.6 is 0 Å². The van der Waals surface area contributed by atoms with Crippen LogP contribution in [-0.4, -0.2) is 25.3 Å². The van der Waals surface area contributed by atoms with Crippen LogP contribution in [0.1, 0.15) is 33.6 Å². The van der Waals surface area contributed by atoms with E-state index in [0.29, 0.717) is 19.6 Å². The van der Waals surface area contributed by atoms with Crippen LogP contribution in [0.15, 0.2) is 0 Å². The van der Waals surface area contributed by atoms with Gasteiger partial charge in [-0.25, -0.2) is 0 Å². The number of rotatable bonds is 6. The Labute approximate surface area is 74.0 Å². The van der Waals surface area contributed by atoms with Crippen LogP contribution in [0.3, 0.4) is 0 Å². The van der Waals surface area contributed by atoms with E-state index in [-0.39, 0.29) is 12.1 Å². The smallest absolute Gasteiger partial charge is 0.305 e. The SMILES string of the molecule is CCCC(=O)OCCOC(C)C. The first-order valence-electron chi connectivity index (χ1n) is 4.44. The van der Waals surface area contributed by atoms with Gasteiger partial charge in [-0.1, -0.05) is 6.92 Å². The zero-order chi connectivity index (χ0) is 9.40. The van der Waals surface area contributed by atoms with E-state index in [1.807, 2.05) is 20.8 Å². The third kappa shape index (κ3) is 7.54. The Balaban J connectivity index is 3.14. The first-order valence-corrected chi connectivity index (χ1v) is 4.44. The summed E-state index contributed by atoms with van der Waals surface area (Å²) in [4.78, 5) is 10.8. The van der Waals surface area contributed by atoms with Gasteiger partial charge in [0.05, 0.1) is 12.7 Å². The molecule has 0 N–H and O–H groups in total. The molecule has 0 aromatic heterocycles. The van der Waals surface area contributed by atoms with Gasteiger partial charge in [0, 0.05) is 6.42 Å². The summed E-state index contributed by atoms with van der Waals surface area (Å²) in [5.41, 5.74) is 0. The standard InChI is InChI=1S/C9H18O3/c1-4-5-9(10)12-7-6-11-8(2)3/h8H,4-7H2,1-3H3. The van der Waals surface area contributed by atoms with Gasteiger partial charge in [0.25, 0.3) is 0 Å². The first kappa shape index (κ1) is 11.4. The molecular weight excluding hydrogens is 156 g/mol. The summed E-state index contributed by atoms with van der Waals surface area (Å²) in [6.45, 7) is 6.72. The molecule has 3 nitrogen and oxygen atoms in total. The fourth-order valence-electron chi connectivity index (χ4n) is 0.716. The molecule has 0 aliphatic carbocycles. The number of hydrogen-bond donors (Lipinski definition) is 0. The van der Waals surface area contributed by atoms with Crippen LogP contribution in [0.5, 0.6) is 0 Å². The lowest BCUT2D eigenvalue weighted by atomic mass is 10.3. The highest BCUT2D eigenvalue weighted by Gasteiger charge is 2.00. The number of ether oxygens (including phenoxy) is 2. The lowest BCUT2D eigenvalue weighted by molar-refractivity contribution is -0.145. The highest BCUT2D eigenvalue weighted by Crippen LogP contribution is 1.92. The lowest BCUT2D eigenvalue weighted by Gasteiger charge is -2.07. The number of esters is 1. The van der Waals surface area contributed by atoms with Gasteiger partial charge >= 0.3 is 5.97 Å². The molecule has 0 aliphatic heterocycles. The molecular formula is C9H18O3. The average molecular weight is 174 g/mol. The summed E-state index contributed by atoms with van der Waals surface area (Å²) < 4.78 is 10.1. The molecule has 0 aromatic rings. The Kier molecular flexibility index (Phi) is 6.76. The minimum Gasteiger partial charge on any atom is -0.463 e. The molecule has 0 atom stereocenters. The summed E-state index contributed by atoms with van der Waals surface area (Å²) in [6, 6.07) is 0. The fourth-order valence-corrected chi connectivity index (χ4v) is 0.716. The molecule has 3 heteroatoms. The van der Waals surface area contributed by atoms with Crippen LogP contribution in [0.25, 0.3) is 0 Å². The minimum atomic E-state index is -0.134. The Morgan fingerprint density at radius 1 is 1.33 bits per heavy atom. The van der Waals surface area contributed by atoms with Gasteiger partial charge in [0.1, 0.15) is 6.61 Å². The van der Waals surface area contributed by atoms with Crippen molar-refractivity contribution in [3.8, 4) is 0 Å². The Morgan fingerprint density at radius 2 is 2.00 bits per heavy atom. The molecule has 0 heterocycles. The maximum absolute atomic E-state index is 10.8. The van der Waals surface area contributed by atoms with Crippen molar-refractivity contribution in [2.24, 2.45) is 0 Å². The van der Waals surface area contributed by atoms with E-state index >= 15 is 0 Å². The Hall–Kier alpha value is -0.570. The van der Waals surface area contributed by atoms with Crippen LogP contribution in [0, 0.1) is 0 Å². The van der Waals surface area contributed by atoms with Crippen molar-refractivity contribution in [3.63, 3.8) is 0 Å². The summed E-state index contributed by atoms with van der Waals surface area (Å²) in [5.74, 6) is -0.134. The number of carbonyl (C=O) groups is 1. The Bertz CT molecular complexity index is 121. The molecule has 0 saturated heterocycles. The normalized spacial score (nSPS) is 10.3. The maximum Gasteiger partial charge on any atom is 0.305 e. The van der Waals surface area contributed by atoms with Crippen molar-refractivity contribution < 1.29 is 14.3 Å². The van der Waals surface area contributed by atoms with Gasteiger partial charge in [-0.2, -0.15) is 0 Å². The van der Waals surface area contributed by atoms with E-state index in [0.717, 1.165) is 6.42 Å². The fraction of sp³-hybridized carbons (Fsp3) is 0.889. The summed E-state index contributed by atoms with van der Waals surface area (Å²) in [7, 11) is 0. The lowest BCUT2D eigenvalue weighted by Crippen LogP contribution is -2.13. The van der Waals surface area contributed by atoms with Crippen molar-refractivity contribution in [1.29, 1.82) is 0 Å². The third-order valence-electron chi connectivity index (χ3n) is 1.25. The molecule has 0 rings (SSSR count). The third-order valence-corrected chi connectivity index (χ3v) is 1.25. The van der Waals surface area contributed by atoms with Crippen LogP contribution < -0.4 is 0 Å². The van der Waals surface area contributed by atoms with Crippen LogP contribution in [0.4, 0.5) is 0 Å². The van der Waals surface area contributed by atoms with Crippen LogP contribution in [0.2, 0.25) is 0 Å². The largest absolute Gasteiger partial charge is 0.463 e. The summed E-state index contributed by atoms with van der Waals surface area (Å²) in [6.07, 6.45) is 1.54. The van der Waals surface area contributed by atoms with E-state index < -0.39 is 0 Å². The van der Waals surface area contributed by atoms with E-state index in [2.05, 4.69) is 0 Å². The molecule has 0 unspecified atom stereocenters. The predicted molar refractivity (Wildman–Crippen MR) is 47.0 cm³/mol. The van der Waals surface area contributed by atoms with E-state index in [4.69, 9.17) is 9.47 Å². The maximum atomic E-state index is 10.8. The van der Waals surface area contributed by atoms with Crippen molar-refractivity contribution in [1.82, 2.24) is 0 Å². The highest BCUT2D eigenvalue weighted by atomic mass is 16.6. The average Bonchev–Trinajstić information content (AvgIpc) is 1.98. The van der Waals surface area contributed by atoms with Gasteiger partial charge in [-0.15, -0.1) is 0 Å². The number of hydrogen-bond acceptors (Lipinski definition) is 3. The van der Waals surface area contributed by atoms with Crippen molar-refractivity contribution in [2.75, 3.05) is 13.2 Å². The second kappa shape index (κ2) is 7.10. The highest BCUT2D eigenvalue weighted by molar-refractivity contribution is 5.69. The van der Waals surface area contributed by atoms with E-state index in [9.17, 15) is 4.79 Å². The molecule has 0 amide bonds. The quantitative estimate of drug-likeness (QED) is 0.454. The second-order valence-corrected chi connectivity index (χ2v) is 2.89. The van der Waals surface area contributed by atoms with Gasteiger partial charge in [0.15, 0.2) is 0 Å². The van der Waals surface area contributed by atoms with Gasteiger partial charge in [-0.05, 0) is 20.3 Å². The Morgan fingerprint density at radius 3 is 2.50 bits per heavy atom. The molecule has 0 saturated carbocycles. The molecule has 12 heavy (non-hydrogen) atoms. The van der Waals surface area contributed by atoms with Crippen molar-refractivity contribution >= 4 is 5.97 Å². The topological polar surface area (TPSA) is 35.5 Å². The molecule has 0 radical (unpaired) electrons. The van der Waals surface area contributed by atoms with E-state index in [1.54, 1.807) is 0 Å². The van der Waals surface area contributed by atoms with E-state index in [1.165, 1.54) is 0 Å². The van der Waals surface area contributed by atoms with Crippen molar-refractivity contribution in [2.45, 2.75) is 39.7 Å². The molecule has 0 bridgehead atoms. The first-order chi connectivity index (χ1) is 5.66. The van der Waals surface area contributed by atoms with Crippen molar-refractivity contribution in [3.05, 3.63) is 0 Å².